The summed E-state index contributed by atoms with van der Waals surface area (Å²) in [5.74, 6) is 0.904. The number of β-amino-alcohol motifs (C(OH)–C–C–N with tert-alkyl or cyclic N) is 1. The number of amides is 1. The lowest BCUT2D eigenvalue weighted by Crippen LogP contribution is -2.52. The van der Waals surface area contributed by atoms with Crippen LogP contribution < -0.4 is 4.74 Å². The molecule has 94 valence electrons. The van der Waals surface area contributed by atoms with E-state index in [1.807, 2.05) is 18.2 Å². The van der Waals surface area contributed by atoms with Gasteiger partial charge in [0.05, 0.1) is 12.7 Å². The number of likely N-dealkylation sites (tertiary alicyclic amines) is 1. The topological polar surface area (TPSA) is 49.8 Å². The fourth-order valence-corrected chi connectivity index (χ4v) is 2.22. The Balaban J connectivity index is 1.67. The smallest absolute Gasteiger partial charge is 0.246 e. The molecule has 2 aliphatic heterocycles. The Hall–Kier alpha value is -1.81. The molecule has 2 aliphatic rings. The van der Waals surface area contributed by atoms with Crippen molar-refractivity contribution >= 4 is 12.0 Å². The lowest BCUT2D eigenvalue weighted by molar-refractivity contribution is -0.135. The van der Waals surface area contributed by atoms with Gasteiger partial charge in [-0.2, -0.15) is 0 Å². The molecule has 0 unspecified atom stereocenters. The molecular weight excluding hydrogens is 230 g/mol. The van der Waals surface area contributed by atoms with E-state index < -0.39 is 0 Å². The SMILES string of the molecule is O=C(C=Cc1ccc2c(c1)CCO2)N1CC(O)C1. The monoisotopic (exact) mass is 245 g/mol. The Morgan fingerprint density at radius 1 is 1.44 bits per heavy atom. The van der Waals surface area contributed by atoms with Crippen LogP contribution in [0.5, 0.6) is 5.75 Å². The number of hydrogen-bond acceptors (Lipinski definition) is 3. The minimum atomic E-state index is -0.348. The molecular formula is C14H15NO3. The van der Waals surface area contributed by atoms with E-state index in [1.165, 1.54) is 5.56 Å². The second-order valence-corrected chi connectivity index (χ2v) is 4.70. The number of aliphatic hydroxyl groups excluding tert-OH is 1. The summed E-state index contributed by atoms with van der Waals surface area (Å²) in [7, 11) is 0. The van der Waals surface area contributed by atoms with E-state index in [2.05, 4.69) is 6.07 Å². The predicted octanol–water partition coefficient (Wildman–Crippen LogP) is 0.838. The van der Waals surface area contributed by atoms with Gasteiger partial charge in [-0.1, -0.05) is 6.07 Å². The molecule has 1 N–H and O–H groups in total. The summed E-state index contributed by atoms with van der Waals surface area (Å²) < 4.78 is 5.43. The number of benzene rings is 1. The van der Waals surface area contributed by atoms with Crippen LogP contribution in [0.1, 0.15) is 11.1 Å². The zero-order chi connectivity index (χ0) is 12.5. The number of carbonyl (C=O) groups excluding carboxylic acids is 1. The molecule has 1 aromatic carbocycles. The number of aliphatic hydroxyl groups is 1. The maximum Gasteiger partial charge on any atom is 0.246 e. The van der Waals surface area contributed by atoms with E-state index in [0.717, 1.165) is 24.3 Å². The number of carbonyl (C=O) groups is 1. The van der Waals surface area contributed by atoms with Gasteiger partial charge in [0.1, 0.15) is 5.75 Å². The molecule has 1 aromatic rings. The number of nitrogens with zero attached hydrogens (tertiary/aromatic N) is 1. The Bertz CT molecular complexity index is 504. The third kappa shape index (κ3) is 2.11. The van der Waals surface area contributed by atoms with Crippen molar-refractivity contribution in [3.8, 4) is 5.75 Å². The maximum atomic E-state index is 11.7. The molecule has 0 atom stereocenters. The molecule has 0 spiro atoms. The number of ether oxygens (including phenoxy) is 1. The van der Waals surface area contributed by atoms with Crippen molar-refractivity contribution in [2.45, 2.75) is 12.5 Å². The molecule has 1 fully saturated rings. The predicted molar refractivity (Wildman–Crippen MR) is 67.3 cm³/mol. The molecule has 0 radical (unpaired) electrons. The highest BCUT2D eigenvalue weighted by Crippen LogP contribution is 2.26. The standard InChI is InChI=1S/C14H15NO3/c16-12-8-15(9-12)14(17)4-2-10-1-3-13-11(7-10)5-6-18-13/h1-4,7,12,16H,5-6,8-9H2. The Morgan fingerprint density at radius 3 is 3.06 bits per heavy atom. The van der Waals surface area contributed by atoms with Gasteiger partial charge in [-0.25, -0.2) is 0 Å². The van der Waals surface area contributed by atoms with Crippen molar-refractivity contribution < 1.29 is 14.6 Å². The van der Waals surface area contributed by atoms with E-state index in [1.54, 1.807) is 11.0 Å². The largest absolute Gasteiger partial charge is 0.493 e. The number of rotatable bonds is 2. The highest BCUT2D eigenvalue weighted by atomic mass is 16.5. The van der Waals surface area contributed by atoms with Crippen molar-refractivity contribution in [3.05, 3.63) is 35.4 Å². The Kier molecular flexibility index (Phi) is 2.80. The summed E-state index contributed by atoms with van der Waals surface area (Å²) in [5, 5.41) is 9.13. The van der Waals surface area contributed by atoms with Crippen molar-refractivity contribution in [1.29, 1.82) is 0 Å². The molecule has 2 heterocycles. The molecule has 1 saturated heterocycles. The third-order valence-corrected chi connectivity index (χ3v) is 3.31. The second-order valence-electron chi connectivity index (χ2n) is 4.70. The summed E-state index contributed by atoms with van der Waals surface area (Å²) in [5.41, 5.74) is 2.21. The quantitative estimate of drug-likeness (QED) is 0.785. The maximum absolute atomic E-state index is 11.7. The fraction of sp³-hybridized carbons (Fsp3) is 0.357. The summed E-state index contributed by atoms with van der Waals surface area (Å²) in [6.45, 7) is 1.63. The van der Waals surface area contributed by atoms with E-state index >= 15 is 0 Å². The second kappa shape index (κ2) is 4.46. The molecule has 0 bridgehead atoms. The van der Waals surface area contributed by atoms with Crippen LogP contribution in [0.2, 0.25) is 0 Å². The zero-order valence-electron chi connectivity index (χ0n) is 10.0. The van der Waals surface area contributed by atoms with Crippen molar-refractivity contribution in [2.75, 3.05) is 19.7 Å². The molecule has 18 heavy (non-hydrogen) atoms. The van der Waals surface area contributed by atoms with E-state index in [4.69, 9.17) is 9.84 Å². The first-order valence-electron chi connectivity index (χ1n) is 6.13. The van der Waals surface area contributed by atoms with E-state index in [-0.39, 0.29) is 12.0 Å². The van der Waals surface area contributed by atoms with Gasteiger partial charge in [0.25, 0.3) is 0 Å². The van der Waals surface area contributed by atoms with Gasteiger partial charge in [0.2, 0.25) is 5.91 Å². The van der Waals surface area contributed by atoms with Gasteiger partial charge >= 0.3 is 0 Å². The van der Waals surface area contributed by atoms with Crippen molar-refractivity contribution in [2.24, 2.45) is 0 Å². The molecule has 1 amide bonds. The molecule has 4 nitrogen and oxygen atoms in total. The van der Waals surface area contributed by atoms with E-state index in [9.17, 15) is 4.79 Å². The van der Waals surface area contributed by atoms with Crippen LogP contribution in [0, 0.1) is 0 Å². The van der Waals surface area contributed by atoms with Crippen LogP contribution in [0.15, 0.2) is 24.3 Å². The molecule has 3 rings (SSSR count). The zero-order valence-corrected chi connectivity index (χ0v) is 10.0. The van der Waals surface area contributed by atoms with Crippen LogP contribution in [0.25, 0.3) is 6.08 Å². The Labute approximate surface area is 105 Å². The summed E-state index contributed by atoms with van der Waals surface area (Å²) in [6.07, 6.45) is 3.96. The highest BCUT2D eigenvalue weighted by molar-refractivity contribution is 5.92. The number of hydrogen-bond donors (Lipinski definition) is 1. The van der Waals surface area contributed by atoms with Crippen molar-refractivity contribution in [3.63, 3.8) is 0 Å². The molecule has 0 saturated carbocycles. The fourth-order valence-electron chi connectivity index (χ4n) is 2.22. The third-order valence-electron chi connectivity index (χ3n) is 3.31. The molecule has 0 aromatic heterocycles. The van der Waals surface area contributed by atoms with E-state index in [0.29, 0.717) is 13.1 Å². The van der Waals surface area contributed by atoms with Gasteiger partial charge in [0, 0.05) is 25.6 Å². The number of fused-ring (bicyclic) bond motifs is 1. The van der Waals surface area contributed by atoms with Crippen LogP contribution in [0.4, 0.5) is 0 Å². The molecule has 4 heteroatoms. The van der Waals surface area contributed by atoms with Crippen LogP contribution in [-0.2, 0) is 11.2 Å². The highest BCUT2D eigenvalue weighted by Gasteiger charge is 2.27. The minimum Gasteiger partial charge on any atom is -0.493 e. The van der Waals surface area contributed by atoms with Gasteiger partial charge in [-0.05, 0) is 29.3 Å². The summed E-state index contributed by atoms with van der Waals surface area (Å²) in [4.78, 5) is 13.3. The first kappa shape index (κ1) is 11.3. The van der Waals surface area contributed by atoms with Gasteiger partial charge in [-0.3, -0.25) is 4.79 Å². The minimum absolute atomic E-state index is 0.0444. The average molecular weight is 245 g/mol. The first-order chi connectivity index (χ1) is 8.72. The summed E-state index contributed by atoms with van der Waals surface area (Å²) in [6, 6.07) is 5.94. The van der Waals surface area contributed by atoms with Gasteiger partial charge in [0.15, 0.2) is 0 Å². The van der Waals surface area contributed by atoms with Gasteiger partial charge in [-0.15, -0.1) is 0 Å². The summed E-state index contributed by atoms with van der Waals surface area (Å²) >= 11 is 0. The average Bonchev–Trinajstić information content (AvgIpc) is 2.79. The Morgan fingerprint density at radius 2 is 2.28 bits per heavy atom. The normalized spacial score (nSPS) is 18.6. The first-order valence-corrected chi connectivity index (χ1v) is 6.13. The lowest BCUT2D eigenvalue weighted by Gasteiger charge is -2.34. The van der Waals surface area contributed by atoms with Crippen LogP contribution >= 0.6 is 0 Å². The van der Waals surface area contributed by atoms with Gasteiger partial charge < -0.3 is 14.7 Å². The van der Waals surface area contributed by atoms with Crippen LogP contribution in [0.3, 0.4) is 0 Å². The molecule has 0 aliphatic carbocycles. The van der Waals surface area contributed by atoms with Crippen LogP contribution in [-0.4, -0.2) is 41.7 Å². The van der Waals surface area contributed by atoms with Crippen molar-refractivity contribution in [1.82, 2.24) is 4.90 Å². The lowest BCUT2D eigenvalue weighted by atomic mass is 10.1.